The maximum absolute atomic E-state index is 9.81. The third-order valence-corrected chi connectivity index (χ3v) is 3.21. The number of fused-ring (bicyclic) bond motifs is 1. The molecule has 0 radical (unpaired) electrons. The Morgan fingerprint density at radius 1 is 1.24 bits per heavy atom. The van der Waals surface area contributed by atoms with E-state index < -0.39 is 0 Å². The van der Waals surface area contributed by atoms with Crippen LogP contribution in [0.1, 0.15) is 11.3 Å². The fraction of sp³-hybridized carbons (Fsp3) is 0.214. The van der Waals surface area contributed by atoms with E-state index in [0.717, 1.165) is 29.7 Å². The van der Waals surface area contributed by atoms with Crippen LogP contribution in [0, 0.1) is 0 Å². The molecule has 1 aromatic heterocycles. The van der Waals surface area contributed by atoms with E-state index in [9.17, 15) is 5.11 Å². The lowest BCUT2D eigenvalue weighted by Crippen LogP contribution is -2.19. The zero-order chi connectivity index (χ0) is 11.8. The van der Waals surface area contributed by atoms with Gasteiger partial charge >= 0.3 is 0 Å². The molecule has 0 bridgehead atoms. The molecule has 3 rings (SSSR count). The first-order chi connectivity index (χ1) is 8.24. The van der Waals surface area contributed by atoms with Crippen LogP contribution in [0.2, 0.25) is 0 Å². The molecule has 0 aliphatic heterocycles. The van der Waals surface area contributed by atoms with Gasteiger partial charge in [0.15, 0.2) is 0 Å². The molecule has 3 heteroatoms. The Labute approximate surface area is 99.9 Å². The molecule has 1 aliphatic carbocycles. The first kappa shape index (κ1) is 10.3. The molecule has 0 saturated carbocycles. The molecule has 1 aliphatic rings. The van der Waals surface area contributed by atoms with Gasteiger partial charge in [0.25, 0.3) is 0 Å². The zero-order valence-corrected chi connectivity index (χ0v) is 9.43. The van der Waals surface area contributed by atoms with Crippen LogP contribution in [0.5, 0.6) is 5.75 Å². The number of phenols is 1. The van der Waals surface area contributed by atoms with E-state index in [0.29, 0.717) is 0 Å². The van der Waals surface area contributed by atoms with Crippen molar-refractivity contribution >= 4 is 0 Å². The summed E-state index contributed by atoms with van der Waals surface area (Å²) in [6, 6.07) is 9.59. The highest BCUT2D eigenvalue weighted by Gasteiger charge is 2.20. The number of rotatable bonds is 1. The van der Waals surface area contributed by atoms with Gasteiger partial charge in [0, 0.05) is 35.5 Å². The molecule has 1 aromatic carbocycles. The fourth-order valence-corrected chi connectivity index (χ4v) is 2.37. The van der Waals surface area contributed by atoms with Crippen LogP contribution in [-0.4, -0.2) is 16.1 Å². The van der Waals surface area contributed by atoms with Gasteiger partial charge in [-0.05, 0) is 24.1 Å². The number of hydrogen-bond donors (Lipinski definition) is 2. The van der Waals surface area contributed by atoms with Crippen molar-refractivity contribution in [2.24, 2.45) is 5.73 Å². The lowest BCUT2D eigenvalue weighted by atomic mass is 10.0. The van der Waals surface area contributed by atoms with Crippen LogP contribution in [0.15, 0.2) is 36.5 Å². The van der Waals surface area contributed by atoms with Gasteiger partial charge in [0.05, 0.1) is 0 Å². The van der Waals surface area contributed by atoms with E-state index in [1.807, 2.05) is 24.4 Å². The minimum absolute atomic E-state index is 0.192. The first-order valence-corrected chi connectivity index (χ1v) is 5.76. The number of aromatic hydroxyl groups is 1. The Morgan fingerprint density at radius 2 is 2.06 bits per heavy atom. The second-order valence-corrected chi connectivity index (χ2v) is 4.52. The van der Waals surface area contributed by atoms with E-state index >= 15 is 0 Å². The molecule has 3 nitrogen and oxygen atoms in total. The smallest absolute Gasteiger partial charge is 0.123 e. The Hall–Kier alpha value is -1.87. The average molecular weight is 226 g/mol. The lowest BCUT2D eigenvalue weighted by molar-refractivity contribution is 0.477. The van der Waals surface area contributed by atoms with Crippen molar-refractivity contribution in [3.63, 3.8) is 0 Å². The Balaban J connectivity index is 2.07. The normalized spacial score (nSPS) is 18.1. The van der Waals surface area contributed by atoms with Crippen molar-refractivity contribution in [1.82, 2.24) is 4.98 Å². The van der Waals surface area contributed by atoms with Gasteiger partial charge in [-0.1, -0.05) is 18.2 Å². The number of pyridine rings is 1. The number of nitrogens with two attached hydrogens (primary N) is 1. The van der Waals surface area contributed by atoms with Crippen molar-refractivity contribution in [2.75, 3.05) is 0 Å². The molecule has 1 heterocycles. The molecule has 3 N–H and O–H groups in total. The van der Waals surface area contributed by atoms with E-state index in [1.54, 1.807) is 6.07 Å². The summed E-state index contributed by atoms with van der Waals surface area (Å²) >= 11 is 0. The van der Waals surface area contributed by atoms with Gasteiger partial charge in [-0.3, -0.25) is 4.98 Å². The van der Waals surface area contributed by atoms with Crippen molar-refractivity contribution in [2.45, 2.75) is 18.9 Å². The van der Waals surface area contributed by atoms with Crippen LogP contribution < -0.4 is 5.73 Å². The average Bonchev–Trinajstić information content (AvgIpc) is 2.68. The third-order valence-electron chi connectivity index (χ3n) is 3.21. The van der Waals surface area contributed by atoms with E-state index in [-0.39, 0.29) is 11.8 Å². The van der Waals surface area contributed by atoms with Crippen LogP contribution in [0.25, 0.3) is 11.1 Å². The quantitative estimate of drug-likeness (QED) is 0.780. The maximum atomic E-state index is 9.81. The van der Waals surface area contributed by atoms with Gasteiger partial charge in [-0.2, -0.15) is 0 Å². The van der Waals surface area contributed by atoms with E-state index in [2.05, 4.69) is 11.1 Å². The summed E-state index contributed by atoms with van der Waals surface area (Å²) in [6.45, 7) is 0. The molecule has 17 heavy (non-hydrogen) atoms. The summed E-state index contributed by atoms with van der Waals surface area (Å²) in [6.07, 6.45) is 3.55. The molecular weight excluding hydrogens is 212 g/mol. The summed E-state index contributed by atoms with van der Waals surface area (Å²) in [5.41, 5.74) is 9.99. The standard InChI is InChI=1S/C14H14N2O/c15-11-6-9-5-10(8-16-13(9)7-11)12-3-1-2-4-14(12)17/h1-5,8,11,17H,6-7,15H2. The minimum Gasteiger partial charge on any atom is -0.507 e. The van der Waals surface area contributed by atoms with Gasteiger partial charge in [-0.15, -0.1) is 0 Å². The van der Waals surface area contributed by atoms with Crippen LogP contribution in [0.4, 0.5) is 0 Å². The third kappa shape index (κ3) is 1.78. The molecule has 1 atom stereocenters. The predicted octanol–water partition coefficient (Wildman–Crippen LogP) is 1.88. The molecule has 86 valence electrons. The Kier molecular flexibility index (Phi) is 2.34. The summed E-state index contributed by atoms with van der Waals surface area (Å²) in [5.74, 6) is 0.288. The van der Waals surface area contributed by atoms with Crippen molar-refractivity contribution < 1.29 is 5.11 Å². The fourth-order valence-electron chi connectivity index (χ4n) is 2.37. The minimum atomic E-state index is 0.192. The van der Waals surface area contributed by atoms with Crippen molar-refractivity contribution in [3.8, 4) is 16.9 Å². The highest BCUT2D eigenvalue weighted by atomic mass is 16.3. The van der Waals surface area contributed by atoms with E-state index in [4.69, 9.17) is 5.73 Å². The largest absolute Gasteiger partial charge is 0.507 e. The summed E-state index contributed by atoms with van der Waals surface area (Å²) in [4.78, 5) is 4.44. The van der Waals surface area contributed by atoms with Gasteiger partial charge < -0.3 is 10.8 Å². The Morgan fingerprint density at radius 3 is 2.88 bits per heavy atom. The summed E-state index contributed by atoms with van der Waals surface area (Å²) < 4.78 is 0. The molecular formula is C14H14N2O. The van der Waals surface area contributed by atoms with Crippen LogP contribution in [-0.2, 0) is 12.8 Å². The van der Waals surface area contributed by atoms with E-state index in [1.165, 1.54) is 5.56 Å². The monoisotopic (exact) mass is 226 g/mol. The van der Waals surface area contributed by atoms with Gasteiger partial charge in [0.1, 0.15) is 5.75 Å². The number of phenolic OH excluding ortho intramolecular Hbond substituents is 1. The van der Waals surface area contributed by atoms with Gasteiger partial charge in [-0.25, -0.2) is 0 Å². The first-order valence-electron chi connectivity index (χ1n) is 5.76. The topological polar surface area (TPSA) is 59.1 Å². The molecule has 1 unspecified atom stereocenters. The number of para-hydroxylation sites is 1. The van der Waals surface area contributed by atoms with Crippen molar-refractivity contribution in [1.29, 1.82) is 0 Å². The molecule has 0 fully saturated rings. The van der Waals surface area contributed by atoms with Crippen LogP contribution >= 0.6 is 0 Å². The molecule has 0 saturated heterocycles. The number of aromatic nitrogens is 1. The number of hydrogen-bond acceptors (Lipinski definition) is 3. The molecule has 0 spiro atoms. The molecule has 0 amide bonds. The lowest BCUT2D eigenvalue weighted by Gasteiger charge is -2.06. The zero-order valence-electron chi connectivity index (χ0n) is 9.43. The second-order valence-electron chi connectivity index (χ2n) is 4.52. The number of nitrogens with zero attached hydrogens (tertiary/aromatic N) is 1. The Bertz CT molecular complexity index is 566. The SMILES string of the molecule is NC1Cc2cc(-c3ccccc3O)cnc2C1. The van der Waals surface area contributed by atoms with Crippen molar-refractivity contribution in [3.05, 3.63) is 47.8 Å². The maximum Gasteiger partial charge on any atom is 0.123 e. The second kappa shape index (κ2) is 3.86. The highest BCUT2D eigenvalue weighted by Crippen LogP contribution is 2.31. The summed E-state index contributed by atoms with van der Waals surface area (Å²) in [7, 11) is 0. The molecule has 2 aromatic rings. The van der Waals surface area contributed by atoms with Crippen LogP contribution in [0.3, 0.4) is 0 Å². The number of benzene rings is 1. The highest BCUT2D eigenvalue weighted by molar-refractivity contribution is 5.70. The summed E-state index contributed by atoms with van der Waals surface area (Å²) in [5, 5.41) is 9.81. The van der Waals surface area contributed by atoms with Gasteiger partial charge in [0.2, 0.25) is 0 Å². The predicted molar refractivity (Wildman–Crippen MR) is 66.7 cm³/mol.